The molecule has 0 bridgehead atoms. The lowest BCUT2D eigenvalue weighted by atomic mass is 10.1. The smallest absolute Gasteiger partial charge is 0.283 e. The van der Waals surface area contributed by atoms with Crippen LogP contribution in [0.3, 0.4) is 0 Å². The highest BCUT2D eigenvalue weighted by molar-refractivity contribution is 6.31. The molecule has 100 valence electrons. The Morgan fingerprint density at radius 2 is 2.21 bits per heavy atom. The second kappa shape index (κ2) is 7.34. The number of rotatable bonds is 6. The van der Waals surface area contributed by atoms with Crippen LogP contribution in [-0.2, 0) is 0 Å². The molecule has 0 spiro atoms. The van der Waals surface area contributed by atoms with E-state index in [9.17, 15) is 14.9 Å². The summed E-state index contributed by atoms with van der Waals surface area (Å²) < 4.78 is 0. The van der Waals surface area contributed by atoms with Crippen LogP contribution in [-0.4, -0.2) is 17.4 Å². The van der Waals surface area contributed by atoms with Crippen LogP contribution in [0.25, 0.3) is 0 Å². The second-order valence-electron chi connectivity index (χ2n) is 3.79. The summed E-state index contributed by atoms with van der Waals surface area (Å²) in [5.74, 6) is -0.514. The van der Waals surface area contributed by atoms with Crippen molar-refractivity contribution in [2.45, 2.75) is 19.3 Å². The zero-order valence-electron chi connectivity index (χ0n) is 10.1. The number of nitrogens with zero attached hydrogens (tertiary/aromatic N) is 2. The molecule has 1 rings (SSSR count). The first kappa shape index (κ1) is 14.9. The molecule has 0 aromatic heterocycles. The fourth-order valence-electron chi connectivity index (χ4n) is 1.47. The molecular weight excluding hydrogens is 270 g/mol. The van der Waals surface area contributed by atoms with Crippen LogP contribution in [0.2, 0.25) is 5.02 Å². The minimum atomic E-state index is -0.642. The summed E-state index contributed by atoms with van der Waals surface area (Å²) in [4.78, 5) is 22.0. The number of unbranched alkanes of at least 4 members (excludes halogenated alkanes) is 2. The van der Waals surface area contributed by atoms with E-state index in [0.717, 1.165) is 6.07 Å². The molecule has 0 radical (unpaired) electrons. The monoisotopic (exact) mass is 281 g/mol. The van der Waals surface area contributed by atoms with Crippen molar-refractivity contribution >= 4 is 23.2 Å². The normalized spacial score (nSPS) is 9.68. The number of nitrogens with one attached hydrogen (secondary N) is 1. The number of carbonyl (C=O) groups is 1. The quantitative estimate of drug-likeness (QED) is 0.492. The number of benzene rings is 1. The van der Waals surface area contributed by atoms with Gasteiger partial charge in [-0.2, -0.15) is 5.26 Å². The van der Waals surface area contributed by atoms with Gasteiger partial charge in [0.15, 0.2) is 0 Å². The van der Waals surface area contributed by atoms with E-state index in [1.165, 1.54) is 12.1 Å². The van der Waals surface area contributed by atoms with Gasteiger partial charge in [-0.3, -0.25) is 14.9 Å². The highest BCUT2D eigenvalue weighted by Gasteiger charge is 2.19. The summed E-state index contributed by atoms with van der Waals surface area (Å²) in [6.07, 6.45) is 1.76. The fourth-order valence-corrected chi connectivity index (χ4v) is 1.64. The lowest BCUT2D eigenvalue weighted by Crippen LogP contribution is -2.25. The average Bonchev–Trinajstić information content (AvgIpc) is 2.38. The molecule has 0 aliphatic carbocycles. The molecule has 1 N–H and O–H groups in total. The maximum Gasteiger partial charge on any atom is 0.283 e. The molecule has 1 aromatic carbocycles. The van der Waals surface area contributed by atoms with Crippen molar-refractivity contribution in [2.75, 3.05) is 6.54 Å². The zero-order valence-corrected chi connectivity index (χ0v) is 10.8. The van der Waals surface area contributed by atoms with Gasteiger partial charge in [0.1, 0.15) is 5.56 Å². The molecule has 0 fully saturated rings. The van der Waals surface area contributed by atoms with E-state index < -0.39 is 10.8 Å². The van der Waals surface area contributed by atoms with Gasteiger partial charge in [0, 0.05) is 24.1 Å². The van der Waals surface area contributed by atoms with Crippen LogP contribution < -0.4 is 5.32 Å². The molecule has 0 atom stereocenters. The highest BCUT2D eigenvalue weighted by atomic mass is 35.5. The SMILES string of the molecule is N#CCCCCNC(=O)c1ccc(Cl)cc1[N+](=O)[O-]. The molecular formula is C12H12ClN3O3. The average molecular weight is 282 g/mol. The molecule has 0 saturated carbocycles. The third-order valence-corrected chi connectivity index (χ3v) is 2.64. The Bertz CT molecular complexity index is 525. The number of nitro benzene ring substituents is 1. The van der Waals surface area contributed by atoms with Crippen LogP contribution >= 0.6 is 11.6 Å². The van der Waals surface area contributed by atoms with Crippen LogP contribution in [0, 0.1) is 21.4 Å². The van der Waals surface area contributed by atoms with Crippen LogP contribution in [0.15, 0.2) is 18.2 Å². The molecule has 0 saturated heterocycles. The van der Waals surface area contributed by atoms with Crippen molar-refractivity contribution in [3.8, 4) is 6.07 Å². The molecule has 6 nitrogen and oxygen atoms in total. The van der Waals surface area contributed by atoms with E-state index in [0.29, 0.717) is 25.8 Å². The van der Waals surface area contributed by atoms with Crippen molar-refractivity contribution in [3.63, 3.8) is 0 Å². The number of hydrogen-bond donors (Lipinski definition) is 1. The lowest BCUT2D eigenvalue weighted by molar-refractivity contribution is -0.385. The van der Waals surface area contributed by atoms with Crippen molar-refractivity contribution in [1.82, 2.24) is 5.32 Å². The van der Waals surface area contributed by atoms with E-state index in [4.69, 9.17) is 16.9 Å². The highest BCUT2D eigenvalue weighted by Crippen LogP contribution is 2.23. The van der Waals surface area contributed by atoms with E-state index in [1.807, 2.05) is 6.07 Å². The minimum Gasteiger partial charge on any atom is -0.352 e. The largest absolute Gasteiger partial charge is 0.352 e. The Balaban J connectivity index is 2.67. The fraction of sp³-hybridized carbons (Fsp3) is 0.333. The Labute approximate surface area is 115 Å². The van der Waals surface area contributed by atoms with Gasteiger partial charge in [-0.15, -0.1) is 0 Å². The summed E-state index contributed by atoms with van der Waals surface area (Å²) in [6, 6.07) is 5.90. The molecule has 19 heavy (non-hydrogen) atoms. The van der Waals surface area contributed by atoms with Gasteiger partial charge in [0.05, 0.1) is 11.0 Å². The maximum atomic E-state index is 11.8. The van der Waals surface area contributed by atoms with Gasteiger partial charge in [-0.1, -0.05) is 11.6 Å². The summed E-state index contributed by atoms with van der Waals surface area (Å²) in [5.41, 5.74) is -0.336. The first-order valence-corrected chi connectivity index (χ1v) is 6.03. The Hall–Kier alpha value is -2.13. The minimum absolute atomic E-state index is 0.0188. The number of amides is 1. The number of nitriles is 1. The second-order valence-corrected chi connectivity index (χ2v) is 4.23. The molecule has 1 amide bonds. The van der Waals surface area contributed by atoms with Gasteiger partial charge in [0.2, 0.25) is 0 Å². The summed E-state index contributed by atoms with van der Waals surface area (Å²) in [7, 11) is 0. The summed E-state index contributed by atoms with van der Waals surface area (Å²) >= 11 is 5.66. The lowest BCUT2D eigenvalue weighted by Gasteiger charge is -2.05. The summed E-state index contributed by atoms with van der Waals surface area (Å²) in [6.45, 7) is 0.375. The molecule has 1 aromatic rings. The van der Waals surface area contributed by atoms with E-state index >= 15 is 0 Å². The van der Waals surface area contributed by atoms with E-state index in [1.54, 1.807) is 0 Å². The molecule has 0 aliphatic rings. The predicted octanol–water partition coefficient (Wildman–Crippen LogP) is 2.67. The van der Waals surface area contributed by atoms with Gasteiger partial charge >= 0.3 is 0 Å². The Morgan fingerprint density at radius 3 is 2.84 bits per heavy atom. The number of hydrogen-bond acceptors (Lipinski definition) is 4. The maximum absolute atomic E-state index is 11.8. The van der Waals surface area contributed by atoms with Crippen LogP contribution in [0.4, 0.5) is 5.69 Å². The predicted molar refractivity (Wildman–Crippen MR) is 69.9 cm³/mol. The standard InChI is InChI=1S/C12H12ClN3O3/c13-9-4-5-10(11(8-9)16(18)19)12(17)15-7-3-1-2-6-14/h4-5,8H,1-3,7H2,(H,15,17). The van der Waals surface area contributed by atoms with Crippen LogP contribution in [0.5, 0.6) is 0 Å². The van der Waals surface area contributed by atoms with Crippen molar-refractivity contribution in [1.29, 1.82) is 5.26 Å². The Morgan fingerprint density at radius 1 is 1.47 bits per heavy atom. The number of carbonyl (C=O) groups excluding carboxylic acids is 1. The van der Waals surface area contributed by atoms with Gasteiger partial charge < -0.3 is 5.32 Å². The molecule has 0 aliphatic heterocycles. The topological polar surface area (TPSA) is 96.0 Å². The zero-order chi connectivity index (χ0) is 14.3. The first-order chi connectivity index (χ1) is 9.06. The number of halogens is 1. The Kier molecular flexibility index (Phi) is 5.76. The number of nitro groups is 1. The molecule has 0 unspecified atom stereocenters. The van der Waals surface area contributed by atoms with Gasteiger partial charge in [-0.25, -0.2) is 0 Å². The third-order valence-electron chi connectivity index (χ3n) is 2.40. The van der Waals surface area contributed by atoms with E-state index in [-0.39, 0.29) is 16.3 Å². The first-order valence-electron chi connectivity index (χ1n) is 5.65. The van der Waals surface area contributed by atoms with Crippen molar-refractivity contribution in [3.05, 3.63) is 38.9 Å². The van der Waals surface area contributed by atoms with Crippen molar-refractivity contribution in [2.24, 2.45) is 0 Å². The van der Waals surface area contributed by atoms with Gasteiger partial charge in [-0.05, 0) is 25.0 Å². The third kappa shape index (κ3) is 4.56. The van der Waals surface area contributed by atoms with E-state index in [2.05, 4.69) is 5.32 Å². The molecule has 0 heterocycles. The molecule has 7 heteroatoms. The summed E-state index contributed by atoms with van der Waals surface area (Å²) in [5, 5.41) is 22.0. The van der Waals surface area contributed by atoms with Crippen molar-refractivity contribution < 1.29 is 9.72 Å². The van der Waals surface area contributed by atoms with Gasteiger partial charge in [0.25, 0.3) is 11.6 Å². The van der Waals surface area contributed by atoms with Crippen LogP contribution in [0.1, 0.15) is 29.6 Å².